The number of carbonyl (C=O) groups is 2. The number of imidazole rings is 1. The van der Waals surface area contributed by atoms with Gasteiger partial charge < -0.3 is 15.0 Å². The molecule has 0 bridgehead atoms. The number of rotatable bonds is 6. The minimum Gasteiger partial charge on any atom is -0.464 e. The number of aromatic nitrogens is 3. The van der Waals surface area contributed by atoms with Crippen LogP contribution in [0.25, 0.3) is 16.9 Å². The van der Waals surface area contributed by atoms with E-state index >= 15 is 0 Å². The molecule has 3 aromatic rings. The number of carbonyl (C=O) groups excluding carboxylic acids is 2. The second kappa shape index (κ2) is 10.2. The van der Waals surface area contributed by atoms with Crippen LogP contribution >= 0.6 is 0 Å². The van der Waals surface area contributed by atoms with Crippen molar-refractivity contribution < 1.29 is 14.3 Å². The summed E-state index contributed by atoms with van der Waals surface area (Å²) < 4.78 is 7.10. The lowest BCUT2D eigenvalue weighted by molar-refractivity contribution is -0.144. The molecule has 2 aromatic heterocycles. The van der Waals surface area contributed by atoms with E-state index in [-0.39, 0.29) is 6.03 Å². The van der Waals surface area contributed by atoms with Crippen molar-refractivity contribution in [1.29, 1.82) is 0 Å². The molecule has 34 heavy (non-hydrogen) atoms. The Bertz CT molecular complexity index is 1160. The van der Waals surface area contributed by atoms with Crippen molar-refractivity contribution >= 4 is 23.2 Å². The third kappa shape index (κ3) is 5.20. The van der Waals surface area contributed by atoms with Crippen molar-refractivity contribution in [2.45, 2.75) is 40.3 Å². The molecule has 0 unspecified atom stereocenters. The zero-order valence-electron chi connectivity index (χ0n) is 20.2. The van der Waals surface area contributed by atoms with Crippen LogP contribution in [0.3, 0.4) is 0 Å². The molecule has 0 aliphatic carbocycles. The SMILES string of the molecule is CCOC(=O)[C@H](C)NC(=O)N1CCN(Cc2nc3cccnc3n2-c2cc(C)cc(C)c2)CC1. The predicted octanol–water partition coefficient (Wildman–Crippen LogP) is 2.82. The first-order valence-electron chi connectivity index (χ1n) is 11.7. The number of hydrogen-bond acceptors (Lipinski definition) is 6. The summed E-state index contributed by atoms with van der Waals surface area (Å²) in [5.74, 6) is 0.501. The summed E-state index contributed by atoms with van der Waals surface area (Å²) in [7, 11) is 0. The Hall–Kier alpha value is -3.46. The highest BCUT2D eigenvalue weighted by Crippen LogP contribution is 2.23. The molecule has 0 saturated carbocycles. The smallest absolute Gasteiger partial charge is 0.328 e. The lowest BCUT2D eigenvalue weighted by Crippen LogP contribution is -2.54. The van der Waals surface area contributed by atoms with Crippen LogP contribution in [0.5, 0.6) is 0 Å². The van der Waals surface area contributed by atoms with Crippen molar-refractivity contribution in [3.63, 3.8) is 0 Å². The van der Waals surface area contributed by atoms with E-state index in [1.807, 2.05) is 12.1 Å². The third-order valence-corrected chi connectivity index (χ3v) is 5.95. The molecular formula is C25H32N6O3. The maximum atomic E-state index is 12.6. The maximum absolute atomic E-state index is 12.6. The van der Waals surface area contributed by atoms with Gasteiger partial charge in [-0.25, -0.2) is 19.6 Å². The van der Waals surface area contributed by atoms with Crippen LogP contribution < -0.4 is 5.32 Å². The Kier molecular flexibility index (Phi) is 7.12. The van der Waals surface area contributed by atoms with Crippen molar-refractivity contribution in [3.05, 3.63) is 53.5 Å². The van der Waals surface area contributed by atoms with Gasteiger partial charge in [0, 0.05) is 38.1 Å². The van der Waals surface area contributed by atoms with E-state index in [9.17, 15) is 9.59 Å². The van der Waals surface area contributed by atoms with E-state index < -0.39 is 12.0 Å². The first kappa shape index (κ1) is 23.7. The van der Waals surface area contributed by atoms with Crippen LogP contribution in [0.4, 0.5) is 4.79 Å². The Morgan fingerprint density at radius 2 is 1.82 bits per heavy atom. The number of amides is 2. The van der Waals surface area contributed by atoms with Gasteiger partial charge in [-0.05, 0) is 63.1 Å². The topological polar surface area (TPSA) is 92.6 Å². The molecule has 1 aliphatic rings. The Balaban J connectivity index is 1.46. The van der Waals surface area contributed by atoms with Crippen LogP contribution in [0.2, 0.25) is 0 Å². The van der Waals surface area contributed by atoms with Crippen molar-refractivity contribution in [2.75, 3.05) is 32.8 Å². The standard InChI is InChI=1S/C25H32N6O3/c1-5-34-24(32)19(4)27-25(33)30-11-9-29(10-12-30)16-22-28-21-7-6-8-26-23(21)31(22)20-14-17(2)13-18(3)15-20/h6-8,13-15,19H,5,9-12,16H2,1-4H3,(H,27,33)/t19-/m0/s1. The molecule has 0 radical (unpaired) electrons. The van der Waals surface area contributed by atoms with Gasteiger partial charge in [-0.2, -0.15) is 0 Å². The normalized spacial score (nSPS) is 15.4. The largest absolute Gasteiger partial charge is 0.464 e. The highest BCUT2D eigenvalue weighted by atomic mass is 16.5. The quantitative estimate of drug-likeness (QED) is 0.564. The number of fused-ring (bicyclic) bond motifs is 1. The number of urea groups is 1. The Morgan fingerprint density at radius 1 is 1.12 bits per heavy atom. The number of hydrogen-bond donors (Lipinski definition) is 1. The summed E-state index contributed by atoms with van der Waals surface area (Å²) in [6.07, 6.45) is 1.79. The molecule has 9 heteroatoms. The number of ether oxygens (including phenoxy) is 1. The van der Waals surface area contributed by atoms with Gasteiger partial charge in [0.15, 0.2) is 5.65 Å². The number of pyridine rings is 1. The summed E-state index contributed by atoms with van der Waals surface area (Å²) >= 11 is 0. The maximum Gasteiger partial charge on any atom is 0.328 e. The first-order valence-corrected chi connectivity index (χ1v) is 11.7. The van der Waals surface area contributed by atoms with Gasteiger partial charge in [-0.1, -0.05) is 6.07 Å². The van der Waals surface area contributed by atoms with Gasteiger partial charge in [0.25, 0.3) is 0 Å². The van der Waals surface area contributed by atoms with E-state index in [0.29, 0.717) is 39.3 Å². The second-order valence-electron chi connectivity index (χ2n) is 8.74. The lowest BCUT2D eigenvalue weighted by Gasteiger charge is -2.35. The average molecular weight is 465 g/mol. The fraction of sp³-hybridized carbons (Fsp3) is 0.440. The van der Waals surface area contributed by atoms with Crippen LogP contribution in [0.1, 0.15) is 30.8 Å². The summed E-state index contributed by atoms with van der Waals surface area (Å²) in [6, 6.07) is 9.43. The molecular weight excluding hydrogens is 432 g/mol. The van der Waals surface area contributed by atoms with Crippen molar-refractivity contribution in [3.8, 4) is 5.69 Å². The van der Waals surface area contributed by atoms with E-state index in [1.165, 1.54) is 11.1 Å². The Labute approximate surface area is 199 Å². The molecule has 1 N–H and O–H groups in total. The fourth-order valence-electron chi connectivity index (χ4n) is 4.33. The zero-order chi connectivity index (χ0) is 24.2. The fourth-order valence-corrected chi connectivity index (χ4v) is 4.33. The molecule has 1 aromatic carbocycles. The number of esters is 1. The average Bonchev–Trinajstić information content (AvgIpc) is 3.16. The second-order valence-corrected chi connectivity index (χ2v) is 8.74. The van der Waals surface area contributed by atoms with Crippen LogP contribution in [-0.2, 0) is 16.1 Å². The van der Waals surface area contributed by atoms with Gasteiger partial charge in [-0.15, -0.1) is 0 Å². The van der Waals surface area contributed by atoms with Gasteiger partial charge in [0.1, 0.15) is 17.4 Å². The number of piperazine rings is 1. The van der Waals surface area contributed by atoms with Crippen LogP contribution in [0.15, 0.2) is 36.5 Å². The zero-order valence-corrected chi connectivity index (χ0v) is 20.2. The summed E-state index contributed by atoms with van der Waals surface area (Å²) in [5, 5.41) is 2.73. The molecule has 0 spiro atoms. The molecule has 1 atom stereocenters. The molecule has 1 saturated heterocycles. The third-order valence-electron chi connectivity index (χ3n) is 5.95. The highest BCUT2D eigenvalue weighted by molar-refractivity contribution is 5.83. The van der Waals surface area contributed by atoms with E-state index in [1.54, 1.807) is 24.9 Å². The van der Waals surface area contributed by atoms with Crippen molar-refractivity contribution in [1.82, 2.24) is 29.7 Å². The van der Waals surface area contributed by atoms with Gasteiger partial charge in [-0.3, -0.25) is 9.47 Å². The van der Waals surface area contributed by atoms with E-state index in [0.717, 1.165) is 22.7 Å². The molecule has 1 fully saturated rings. The molecule has 4 rings (SSSR count). The summed E-state index contributed by atoms with van der Waals surface area (Å²) in [6.45, 7) is 11.1. The summed E-state index contributed by atoms with van der Waals surface area (Å²) in [4.78, 5) is 37.9. The number of aryl methyl sites for hydroxylation is 2. The molecule has 3 heterocycles. The summed E-state index contributed by atoms with van der Waals surface area (Å²) in [5.41, 5.74) is 5.14. The predicted molar refractivity (Wildman–Crippen MR) is 130 cm³/mol. The van der Waals surface area contributed by atoms with Crippen LogP contribution in [-0.4, -0.2) is 75.2 Å². The molecule has 9 nitrogen and oxygen atoms in total. The van der Waals surface area contributed by atoms with Gasteiger partial charge in [0.05, 0.1) is 13.2 Å². The molecule has 1 aliphatic heterocycles. The Morgan fingerprint density at radius 3 is 2.50 bits per heavy atom. The highest BCUT2D eigenvalue weighted by Gasteiger charge is 2.26. The number of nitrogens with one attached hydrogen (secondary N) is 1. The van der Waals surface area contributed by atoms with E-state index in [4.69, 9.17) is 9.72 Å². The van der Waals surface area contributed by atoms with Crippen LogP contribution in [0, 0.1) is 13.8 Å². The minimum atomic E-state index is -0.671. The number of benzene rings is 1. The monoisotopic (exact) mass is 464 g/mol. The first-order chi connectivity index (χ1) is 16.4. The molecule has 2 amide bonds. The van der Waals surface area contributed by atoms with E-state index in [2.05, 4.69) is 51.8 Å². The van der Waals surface area contributed by atoms with Crippen molar-refractivity contribution in [2.24, 2.45) is 0 Å². The lowest BCUT2D eigenvalue weighted by atomic mass is 10.1. The number of nitrogens with zero attached hydrogens (tertiary/aromatic N) is 5. The molecule has 180 valence electrons. The van der Waals surface area contributed by atoms with Gasteiger partial charge >= 0.3 is 12.0 Å². The minimum absolute atomic E-state index is 0.244. The van der Waals surface area contributed by atoms with Gasteiger partial charge in [0.2, 0.25) is 0 Å².